The van der Waals surface area contributed by atoms with Gasteiger partial charge < -0.3 is 10.8 Å². The third kappa shape index (κ3) is 1.53. The van der Waals surface area contributed by atoms with E-state index < -0.39 is 0 Å². The normalized spacial score (nSPS) is 9.83. The molecule has 0 unspecified atom stereocenters. The summed E-state index contributed by atoms with van der Waals surface area (Å²) in [4.78, 5) is 0. The standard InChI is InChI=1S/C9H10ClNO/c1-5(2)6-3-8(11)9(12)4-7(6)10/h3-4,12H,1,11H2,2H3. The van der Waals surface area contributed by atoms with E-state index in [1.54, 1.807) is 6.07 Å². The van der Waals surface area contributed by atoms with Crippen molar-refractivity contribution in [1.82, 2.24) is 0 Å². The molecule has 0 heterocycles. The number of phenolic OH excluding ortho intramolecular Hbond substituents is 1. The van der Waals surface area contributed by atoms with Gasteiger partial charge in [-0.3, -0.25) is 0 Å². The first-order valence-corrected chi connectivity index (χ1v) is 3.84. The van der Waals surface area contributed by atoms with Crippen molar-refractivity contribution in [1.29, 1.82) is 0 Å². The first-order chi connectivity index (χ1) is 5.52. The van der Waals surface area contributed by atoms with Crippen LogP contribution in [0.15, 0.2) is 18.7 Å². The summed E-state index contributed by atoms with van der Waals surface area (Å²) in [7, 11) is 0. The molecular formula is C9H10ClNO. The van der Waals surface area contributed by atoms with Gasteiger partial charge in [-0.2, -0.15) is 0 Å². The number of nitrogen functional groups attached to an aromatic ring is 1. The van der Waals surface area contributed by atoms with Crippen molar-refractivity contribution in [2.45, 2.75) is 6.92 Å². The third-order valence-corrected chi connectivity index (χ3v) is 1.89. The van der Waals surface area contributed by atoms with E-state index in [0.29, 0.717) is 10.7 Å². The Morgan fingerprint density at radius 1 is 1.58 bits per heavy atom. The van der Waals surface area contributed by atoms with Crippen molar-refractivity contribution in [2.24, 2.45) is 0 Å². The molecule has 0 radical (unpaired) electrons. The highest BCUT2D eigenvalue weighted by Gasteiger charge is 2.05. The van der Waals surface area contributed by atoms with Crippen LogP contribution in [0.25, 0.3) is 5.57 Å². The number of hydrogen-bond acceptors (Lipinski definition) is 2. The largest absolute Gasteiger partial charge is 0.506 e. The van der Waals surface area contributed by atoms with E-state index in [0.717, 1.165) is 11.1 Å². The fourth-order valence-corrected chi connectivity index (χ4v) is 1.23. The van der Waals surface area contributed by atoms with Gasteiger partial charge in [0.15, 0.2) is 0 Å². The number of anilines is 1. The van der Waals surface area contributed by atoms with E-state index in [4.69, 9.17) is 22.4 Å². The number of rotatable bonds is 1. The van der Waals surface area contributed by atoms with Crippen molar-refractivity contribution in [3.8, 4) is 5.75 Å². The minimum absolute atomic E-state index is 0.00463. The van der Waals surface area contributed by atoms with Crippen LogP contribution in [0.4, 0.5) is 5.69 Å². The summed E-state index contributed by atoms with van der Waals surface area (Å²) in [6, 6.07) is 3.03. The lowest BCUT2D eigenvalue weighted by Gasteiger charge is -2.05. The topological polar surface area (TPSA) is 46.2 Å². The predicted molar refractivity (Wildman–Crippen MR) is 52.2 cm³/mol. The fraction of sp³-hybridized carbons (Fsp3) is 0.111. The van der Waals surface area contributed by atoms with Gasteiger partial charge in [0.05, 0.1) is 10.7 Å². The molecule has 0 aliphatic rings. The van der Waals surface area contributed by atoms with E-state index in [-0.39, 0.29) is 5.75 Å². The van der Waals surface area contributed by atoms with E-state index >= 15 is 0 Å². The molecule has 0 atom stereocenters. The van der Waals surface area contributed by atoms with Crippen molar-refractivity contribution in [3.05, 3.63) is 29.3 Å². The van der Waals surface area contributed by atoms with E-state index in [1.807, 2.05) is 6.92 Å². The van der Waals surface area contributed by atoms with Gasteiger partial charge in [-0.15, -0.1) is 0 Å². The van der Waals surface area contributed by atoms with Gasteiger partial charge in [0.1, 0.15) is 5.75 Å². The number of phenols is 1. The van der Waals surface area contributed by atoms with E-state index in [9.17, 15) is 0 Å². The number of allylic oxidation sites excluding steroid dienone is 1. The van der Waals surface area contributed by atoms with Gasteiger partial charge in [-0.05, 0) is 24.1 Å². The zero-order valence-electron chi connectivity index (χ0n) is 6.76. The van der Waals surface area contributed by atoms with Crippen LogP contribution in [0, 0.1) is 0 Å². The van der Waals surface area contributed by atoms with Gasteiger partial charge in [-0.1, -0.05) is 18.2 Å². The molecule has 0 spiro atoms. The lowest BCUT2D eigenvalue weighted by Crippen LogP contribution is -1.89. The Hall–Kier alpha value is -1.15. The van der Waals surface area contributed by atoms with Crippen LogP contribution in [-0.2, 0) is 0 Å². The Balaban J connectivity index is 3.33. The Kier molecular flexibility index (Phi) is 2.29. The SMILES string of the molecule is C=C(C)c1cc(N)c(O)cc1Cl. The minimum atomic E-state index is 0.00463. The molecule has 0 fully saturated rings. The van der Waals surface area contributed by atoms with Gasteiger partial charge in [-0.25, -0.2) is 0 Å². The maximum atomic E-state index is 9.17. The van der Waals surface area contributed by atoms with Gasteiger partial charge >= 0.3 is 0 Å². The predicted octanol–water partition coefficient (Wildman–Crippen LogP) is 2.66. The molecule has 1 rings (SSSR count). The Bertz CT molecular complexity index is 334. The van der Waals surface area contributed by atoms with Crippen LogP contribution >= 0.6 is 11.6 Å². The minimum Gasteiger partial charge on any atom is -0.506 e. The molecule has 1 aromatic rings. The van der Waals surface area contributed by atoms with Crippen molar-refractivity contribution in [2.75, 3.05) is 5.73 Å². The van der Waals surface area contributed by atoms with Crippen molar-refractivity contribution in [3.63, 3.8) is 0 Å². The number of halogens is 1. The average molecular weight is 184 g/mol. The summed E-state index contributed by atoms with van der Waals surface area (Å²) in [6.07, 6.45) is 0. The molecule has 12 heavy (non-hydrogen) atoms. The highest BCUT2D eigenvalue weighted by atomic mass is 35.5. The molecule has 3 heteroatoms. The van der Waals surface area contributed by atoms with Crippen LogP contribution < -0.4 is 5.73 Å². The summed E-state index contributed by atoms with van der Waals surface area (Å²) < 4.78 is 0. The number of nitrogens with two attached hydrogens (primary N) is 1. The Morgan fingerprint density at radius 3 is 2.67 bits per heavy atom. The maximum Gasteiger partial charge on any atom is 0.139 e. The second-order valence-electron chi connectivity index (χ2n) is 2.67. The van der Waals surface area contributed by atoms with Gasteiger partial charge in [0.2, 0.25) is 0 Å². The van der Waals surface area contributed by atoms with Gasteiger partial charge in [0.25, 0.3) is 0 Å². The van der Waals surface area contributed by atoms with Crippen LogP contribution in [0.1, 0.15) is 12.5 Å². The number of benzene rings is 1. The second-order valence-corrected chi connectivity index (χ2v) is 3.08. The zero-order valence-corrected chi connectivity index (χ0v) is 7.52. The summed E-state index contributed by atoms with van der Waals surface area (Å²) in [5.41, 5.74) is 7.39. The molecule has 0 saturated carbocycles. The van der Waals surface area contributed by atoms with Crippen molar-refractivity contribution < 1.29 is 5.11 Å². The zero-order chi connectivity index (χ0) is 9.30. The maximum absolute atomic E-state index is 9.17. The second kappa shape index (κ2) is 3.07. The third-order valence-electron chi connectivity index (χ3n) is 1.58. The molecule has 0 aliphatic heterocycles. The molecule has 0 aliphatic carbocycles. The van der Waals surface area contributed by atoms with Crippen LogP contribution in [0.5, 0.6) is 5.75 Å². The smallest absolute Gasteiger partial charge is 0.139 e. The number of hydrogen-bond donors (Lipinski definition) is 2. The summed E-state index contributed by atoms with van der Waals surface area (Å²) >= 11 is 5.82. The Labute approximate surface area is 76.3 Å². The molecular weight excluding hydrogens is 174 g/mol. The van der Waals surface area contributed by atoms with Crippen molar-refractivity contribution >= 4 is 22.9 Å². The first kappa shape index (κ1) is 8.94. The average Bonchev–Trinajstić information content (AvgIpc) is 1.96. The monoisotopic (exact) mass is 183 g/mol. The van der Waals surface area contributed by atoms with Crippen LogP contribution in [-0.4, -0.2) is 5.11 Å². The van der Waals surface area contributed by atoms with Crippen LogP contribution in [0.2, 0.25) is 5.02 Å². The lowest BCUT2D eigenvalue weighted by atomic mass is 10.1. The van der Waals surface area contributed by atoms with E-state index in [1.165, 1.54) is 6.07 Å². The Morgan fingerprint density at radius 2 is 2.17 bits per heavy atom. The molecule has 0 bridgehead atoms. The molecule has 64 valence electrons. The van der Waals surface area contributed by atoms with Gasteiger partial charge in [0, 0.05) is 6.07 Å². The summed E-state index contributed by atoms with van der Waals surface area (Å²) in [5, 5.41) is 9.63. The molecule has 3 N–H and O–H groups in total. The molecule has 2 nitrogen and oxygen atoms in total. The molecule has 0 amide bonds. The highest BCUT2D eigenvalue weighted by molar-refractivity contribution is 6.32. The first-order valence-electron chi connectivity index (χ1n) is 3.46. The fourth-order valence-electron chi connectivity index (χ4n) is 0.907. The molecule has 0 saturated heterocycles. The highest BCUT2D eigenvalue weighted by Crippen LogP contribution is 2.31. The molecule has 1 aromatic carbocycles. The van der Waals surface area contributed by atoms with Crippen LogP contribution in [0.3, 0.4) is 0 Å². The quantitative estimate of drug-likeness (QED) is 0.520. The number of aromatic hydroxyl groups is 1. The molecule has 0 aromatic heterocycles. The summed E-state index contributed by atoms with van der Waals surface area (Å²) in [5.74, 6) is 0.00463. The summed E-state index contributed by atoms with van der Waals surface area (Å²) in [6.45, 7) is 5.57. The lowest BCUT2D eigenvalue weighted by molar-refractivity contribution is 0.478. The van der Waals surface area contributed by atoms with E-state index in [2.05, 4.69) is 6.58 Å².